The van der Waals surface area contributed by atoms with Gasteiger partial charge in [0.25, 0.3) is 0 Å². The Labute approximate surface area is 78.7 Å². The Morgan fingerprint density at radius 1 is 1.08 bits per heavy atom. The molecule has 13 heavy (non-hydrogen) atoms. The Hall–Kier alpha value is -0.660. The van der Waals surface area contributed by atoms with Crippen molar-refractivity contribution in [1.82, 2.24) is 0 Å². The maximum atomic E-state index is 11.7. The summed E-state index contributed by atoms with van der Waals surface area (Å²) in [7, 11) is 0. The second-order valence-corrected chi connectivity index (χ2v) is 4.31. The largest absolute Gasteiger partial charge is 0.299 e. The van der Waals surface area contributed by atoms with Crippen LogP contribution >= 0.6 is 0 Å². The molecule has 2 aliphatic carbocycles. The lowest BCUT2D eigenvalue weighted by Crippen LogP contribution is -2.26. The summed E-state index contributed by atoms with van der Waals surface area (Å²) in [4.78, 5) is 23.4. The van der Waals surface area contributed by atoms with Crippen molar-refractivity contribution in [3.63, 3.8) is 0 Å². The zero-order valence-electron chi connectivity index (χ0n) is 8.08. The zero-order valence-corrected chi connectivity index (χ0v) is 8.08. The van der Waals surface area contributed by atoms with Crippen LogP contribution < -0.4 is 0 Å². The molecule has 0 aromatic rings. The van der Waals surface area contributed by atoms with E-state index in [1.54, 1.807) is 0 Å². The fraction of sp³-hybridized carbons (Fsp3) is 0.818. The molecule has 0 aliphatic heterocycles. The van der Waals surface area contributed by atoms with E-state index in [4.69, 9.17) is 0 Å². The normalized spacial score (nSPS) is 22.0. The monoisotopic (exact) mass is 180 g/mol. The number of Topliss-reactive ketones (excluding diaryl/α,β-unsaturated/α-hetero) is 2. The van der Waals surface area contributed by atoms with Crippen LogP contribution in [0.4, 0.5) is 0 Å². The van der Waals surface area contributed by atoms with Crippen molar-refractivity contribution in [3.8, 4) is 0 Å². The Bertz CT molecular complexity index is 212. The lowest BCUT2D eigenvalue weighted by Gasteiger charge is -2.10. The van der Waals surface area contributed by atoms with Crippen LogP contribution in [0.1, 0.15) is 39.0 Å². The third-order valence-corrected chi connectivity index (χ3v) is 3.05. The number of rotatable bonds is 5. The van der Waals surface area contributed by atoms with Crippen LogP contribution in [0.5, 0.6) is 0 Å². The summed E-state index contributed by atoms with van der Waals surface area (Å²) in [6.45, 7) is 1.95. The lowest BCUT2D eigenvalue weighted by atomic mass is 9.91. The molecule has 0 saturated heterocycles. The third kappa shape index (κ3) is 1.82. The van der Waals surface area contributed by atoms with Gasteiger partial charge in [-0.3, -0.25) is 9.59 Å². The fourth-order valence-electron chi connectivity index (χ4n) is 1.85. The Kier molecular flexibility index (Phi) is 2.22. The van der Waals surface area contributed by atoms with Crippen LogP contribution in [0.2, 0.25) is 0 Å². The second-order valence-electron chi connectivity index (χ2n) is 4.31. The molecule has 2 nitrogen and oxygen atoms in total. The predicted octanol–water partition coefficient (Wildman–Crippen LogP) is 1.97. The van der Waals surface area contributed by atoms with Crippen LogP contribution in [0.15, 0.2) is 0 Å². The maximum Gasteiger partial charge on any atom is 0.146 e. The fourth-order valence-corrected chi connectivity index (χ4v) is 1.85. The van der Waals surface area contributed by atoms with E-state index in [1.165, 1.54) is 0 Å². The molecule has 0 unspecified atom stereocenters. The van der Waals surface area contributed by atoms with Crippen molar-refractivity contribution < 1.29 is 9.59 Å². The van der Waals surface area contributed by atoms with Gasteiger partial charge in [0.2, 0.25) is 0 Å². The highest BCUT2D eigenvalue weighted by Gasteiger charge is 2.41. The van der Waals surface area contributed by atoms with Gasteiger partial charge in [-0.15, -0.1) is 0 Å². The van der Waals surface area contributed by atoms with Crippen molar-refractivity contribution in [2.24, 2.45) is 17.8 Å². The number of hydrogen-bond acceptors (Lipinski definition) is 2. The molecule has 0 atom stereocenters. The van der Waals surface area contributed by atoms with E-state index in [0.29, 0.717) is 6.42 Å². The number of ketones is 2. The molecule has 0 aromatic heterocycles. The highest BCUT2D eigenvalue weighted by Crippen LogP contribution is 2.38. The van der Waals surface area contributed by atoms with Gasteiger partial charge in [0, 0.05) is 11.8 Å². The third-order valence-electron chi connectivity index (χ3n) is 3.05. The molecule has 2 aliphatic rings. The molecule has 2 fully saturated rings. The highest BCUT2D eigenvalue weighted by molar-refractivity contribution is 6.05. The quantitative estimate of drug-likeness (QED) is 0.606. The Balaban J connectivity index is 1.97. The topological polar surface area (TPSA) is 34.1 Å². The minimum atomic E-state index is -0.250. The summed E-state index contributed by atoms with van der Waals surface area (Å²) in [6, 6.07) is 0. The molecule has 2 saturated carbocycles. The van der Waals surface area contributed by atoms with Crippen molar-refractivity contribution in [2.45, 2.75) is 39.0 Å². The van der Waals surface area contributed by atoms with Crippen molar-refractivity contribution in [2.75, 3.05) is 0 Å². The van der Waals surface area contributed by atoms with Gasteiger partial charge in [-0.25, -0.2) is 0 Å². The van der Waals surface area contributed by atoms with E-state index < -0.39 is 0 Å². The molecular weight excluding hydrogens is 164 g/mol. The summed E-state index contributed by atoms with van der Waals surface area (Å²) in [5.74, 6) is 0.708. The Morgan fingerprint density at radius 2 is 1.46 bits per heavy atom. The highest BCUT2D eigenvalue weighted by atomic mass is 16.2. The van der Waals surface area contributed by atoms with Crippen molar-refractivity contribution >= 4 is 11.6 Å². The van der Waals surface area contributed by atoms with E-state index >= 15 is 0 Å². The molecule has 0 radical (unpaired) electrons. The average molecular weight is 180 g/mol. The van der Waals surface area contributed by atoms with E-state index in [1.807, 2.05) is 6.92 Å². The summed E-state index contributed by atoms with van der Waals surface area (Å²) in [5, 5.41) is 0. The molecule has 0 aromatic carbocycles. The minimum absolute atomic E-state index is 0.236. The first kappa shape index (κ1) is 8.92. The standard InChI is InChI=1S/C11H16O2/c1-2-9(10(12)7-3-4-7)11(13)8-5-6-8/h7-9H,2-6H2,1H3. The van der Waals surface area contributed by atoms with Gasteiger partial charge in [-0.05, 0) is 32.1 Å². The summed E-state index contributed by atoms with van der Waals surface area (Å²) < 4.78 is 0. The smallest absolute Gasteiger partial charge is 0.146 e. The van der Waals surface area contributed by atoms with Crippen molar-refractivity contribution in [3.05, 3.63) is 0 Å². The summed E-state index contributed by atoms with van der Waals surface area (Å²) in [6.07, 6.45) is 4.80. The maximum absolute atomic E-state index is 11.7. The minimum Gasteiger partial charge on any atom is -0.299 e. The molecule has 0 amide bonds. The predicted molar refractivity (Wildman–Crippen MR) is 49.2 cm³/mol. The molecule has 0 bridgehead atoms. The number of carbonyl (C=O) groups excluding carboxylic acids is 2. The lowest BCUT2D eigenvalue weighted by molar-refractivity contribution is -0.134. The van der Waals surface area contributed by atoms with Crippen molar-refractivity contribution in [1.29, 1.82) is 0 Å². The first-order valence-electron chi connectivity index (χ1n) is 5.31. The molecule has 2 heteroatoms. The first-order valence-corrected chi connectivity index (χ1v) is 5.31. The molecule has 0 heterocycles. The van der Waals surface area contributed by atoms with Gasteiger partial charge in [-0.1, -0.05) is 6.92 Å². The van der Waals surface area contributed by atoms with Gasteiger partial charge >= 0.3 is 0 Å². The number of carbonyl (C=O) groups is 2. The summed E-state index contributed by atoms with van der Waals surface area (Å²) in [5.41, 5.74) is 0. The molecule has 2 rings (SSSR count). The van der Waals surface area contributed by atoms with Gasteiger partial charge in [0.05, 0.1) is 5.92 Å². The van der Waals surface area contributed by atoms with Crippen LogP contribution in [0.25, 0.3) is 0 Å². The Morgan fingerprint density at radius 3 is 1.69 bits per heavy atom. The zero-order chi connectivity index (χ0) is 9.42. The number of hydrogen-bond donors (Lipinski definition) is 0. The summed E-state index contributed by atoms with van der Waals surface area (Å²) >= 11 is 0. The van der Waals surface area contributed by atoms with E-state index in [0.717, 1.165) is 25.7 Å². The second kappa shape index (κ2) is 3.24. The van der Waals surface area contributed by atoms with E-state index in [2.05, 4.69) is 0 Å². The van der Waals surface area contributed by atoms with Crippen LogP contribution in [-0.2, 0) is 9.59 Å². The average Bonchev–Trinajstić information content (AvgIpc) is 2.98. The van der Waals surface area contributed by atoms with Crippen LogP contribution in [0.3, 0.4) is 0 Å². The van der Waals surface area contributed by atoms with Gasteiger partial charge in [0.15, 0.2) is 0 Å². The van der Waals surface area contributed by atoms with E-state index in [9.17, 15) is 9.59 Å². The SMILES string of the molecule is CCC(C(=O)C1CC1)C(=O)C1CC1. The molecular formula is C11H16O2. The van der Waals surface area contributed by atoms with Gasteiger partial charge < -0.3 is 0 Å². The van der Waals surface area contributed by atoms with Crippen LogP contribution in [0, 0.1) is 17.8 Å². The van der Waals surface area contributed by atoms with E-state index in [-0.39, 0.29) is 29.3 Å². The van der Waals surface area contributed by atoms with Gasteiger partial charge in [0.1, 0.15) is 11.6 Å². The first-order chi connectivity index (χ1) is 6.24. The van der Waals surface area contributed by atoms with Crippen LogP contribution in [-0.4, -0.2) is 11.6 Å². The molecule has 0 N–H and O–H groups in total. The molecule has 72 valence electrons. The van der Waals surface area contributed by atoms with Gasteiger partial charge in [-0.2, -0.15) is 0 Å². The molecule has 0 spiro atoms.